The Kier molecular flexibility index (Phi) is 2.97. The fourth-order valence-electron chi connectivity index (χ4n) is 1.58. The normalized spacial score (nSPS) is 17.6. The Hall–Kier alpha value is -1.42. The van der Waals surface area contributed by atoms with Gasteiger partial charge in [0.15, 0.2) is 0 Å². The number of ether oxygens (including phenoxy) is 2. The van der Waals surface area contributed by atoms with Gasteiger partial charge in [0.1, 0.15) is 17.6 Å². The van der Waals surface area contributed by atoms with E-state index in [1.165, 1.54) is 0 Å². The van der Waals surface area contributed by atoms with Crippen LogP contribution in [-0.4, -0.2) is 24.4 Å². The Bertz CT molecular complexity index is 335. The molecule has 0 unspecified atom stereocenters. The van der Waals surface area contributed by atoms with E-state index in [0.29, 0.717) is 11.4 Å². The Morgan fingerprint density at radius 2 is 2.07 bits per heavy atom. The summed E-state index contributed by atoms with van der Waals surface area (Å²) in [5, 5.41) is 9.40. The third-order valence-electron chi connectivity index (χ3n) is 2.47. The molecule has 2 rings (SSSR count). The summed E-state index contributed by atoms with van der Waals surface area (Å²) in [5.74, 6) is 0.730. The lowest BCUT2D eigenvalue weighted by Gasteiger charge is -2.23. The SMILES string of the molecule is Nc1ccc(OC2CCOCC2)cc1O. The number of anilines is 1. The van der Waals surface area contributed by atoms with E-state index in [4.69, 9.17) is 15.2 Å². The Labute approximate surface area is 88.6 Å². The van der Waals surface area contributed by atoms with Gasteiger partial charge in [-0.25, -0.2) is 0 Å². The molecule has 1 heterocycles. The highest BCUT2D eigenvalue weighted by molar-refractivity contribution is 5.54. The van der Waals surface area contributed by atoms with Crippen LogP contribution >= 0.6 is 0 Å². The molecule has 1 aromatic carbocycles. The van der Waals surface area contributed by atoms with E-state index >= 15 is 0 Å². The van der Waals surface area contributed by atoms with Gasteiger partial charge in [-0.15, -0.1) is 0 Å². The largest absolute Gasteiger partial charge is 0.506 e. The first-order chi connectivity index (χ1) is 7.25. The van der Waals surface area contributed by atoms with Gasteiger partial charge in [-0.3, -0.25) is 0 Å². The van der Waals surface area contributed by atoms with Crippen LogP contribution in [0.25, 0.3) is 0 Å². The minimum absolute atomic E-state index is 0.0690. The van der Waals surface area contributed by atoms with Crippen molar-refractivity contribution < 1.29 is 14.6 Å². The first kappa shape index (κ1) is 10.1. The molecule has 0 aromatic heterocycles. The molecule has 0 aliphatic carbocycles. The molecule has 0 radical (unpaired) electrons. The third-order valence-corrected chi connectivity index (χ3v) is 2.47. The molecule has 15 heavy (non-hydrogen) atoms. The number of rotatable bonds is 2. The van der Waals surface area contributed by atoms with E-state index in [-0.39, 0.29) is 11.9 Å². The zero-order valence-electron chi connectivity index (χ0n) is 8.48. The second kappa shape index (κ2) is 4.40. The van der Waals surface area contributed by atoms with E-state index in [9.17, 15) is 5.11 Å². The van der Waals surface area contributed by atoms with Crippen molar-refractivity contribution >= 4 is 5.69 Å². The van der Waals surface area contributed by atoms with Crippen LogP contribution in [0.2, 0.25) is 0 Å². The van der Waals surface area contributed by atoms with Crippen molar-refractivity contribution in [1.82, 2.24) is 0 Å². The number of phenols is 1. The van der Waals surface area contributed by atoms with Crippen LogP contribution < -0.4 is 10.5 Å². The fourth-order valence-corrected chi connectivity index (χ4v) is 1.58. The van der Waals surface area contributed by atoms with Crippen LogP contribution in [0.1, 0.15) is 12.8 Å². The maximum atomic E-state index is 9.40. The Morgan fingerprint density at radius 3 is 2.73 bits per heavy atom. The van der Waals surface area contributed by atoms with Crippen LogP contribution in [0, 0.1) is 0 Å². The number of nitrogen functional groups attached to an aromatic ring is 1. The van der Waals surface area contributed by atoms with Crippen molar-refractivity contribution in [3.8, 4) is 11.5 Å². The molecular weight excluding hydrogens is 194 g/mol. The van der Waals surface area contributed by atoms with Gasteiger partial charge >= 0.3 is 0 Å². The van der Waals surface area contributed by atoms with Crippen molar-refractivity contribution in [2.75, 3.05) is 18.9 Å². The lowest BCUT2D eigenvalue weighted by atomic mass is 10.1. The van der Waals surface area contributed by atoms with Crippen LogP contribution in [0.5, 0.6) is 11.5 Å². The van der Waals surface area contributed by atoms with E-state index in [0.717, 1.165) is 26.1 Å². The minimum Gasteiger partial charge on any atom is -0.506 e. The number of hydrogen-bond acceptors (Lipinski definition) is 4. The molecule has 0 atom stereocenters. The molecule has 1 aliphatic heterocycles. The molecule has 4 nitrogen and oxygen atoms in total. The van der Waals surface area contributed by atoms with Gasteiger partial charge in [0.05, 0.1) is 18.9 Å². The van der Waals surface area contributed by atoms with Crippen LogP contribution in [0.4, 0.5) is 5.69 Å². The highest BCUT2D eigenvalue weighted by Gasteiger charge is 2.15. The van der Waals surface area contributed by atoms with Gasteiger partial charge in [0, 0.05) is 18.9 Å². The second-order valence-corrected chi connectivity index (χ2v) is 3.65. The number of hydrogen-bond donors (Lipinski definition) is 2. The lowest BCUT2D eigenvalue weighted by molar-refractivity contribution is 0.0255. The second-order valence-electron chi connectivity index (χ2n) is 3.65. The van der Waals surface area contributed by atoms with E-state index in [2.05, 4.69) is 0 Å². The number of aromatic hydroxyl groups is 1. The average Bonchev–Trinajstić information content (AvgIpc) is 2.25. The maximum absolute atomic E-state index is 9.40. The minimum atomic E-state index is 0.0690. The smallest absolute Gasteiger partial charge is 0.142 e. The molecule has 1 aromatic rings. The van der Waals surface area contributed by atoms with Crippen molar-refractivity contribution in [2.45, 2.75) is 18.9 Å². The average molecular weight is 209 g/mol. The predicted molar refractivity (Wildman–Crippen MR) is 57.0 cm³/mol. The molecule has 82 valence electrons. The molecular formula is C11H15NO3. The van der Waals surface area contributed by atoms with Crippen molar-refractivity contribution in [3.63, 3.8) is 0 Å². The molecule has 0 saturated carbocycles. The third kappa shape index (κ3) is 2.53. The maximum Gasteiger partial charge on any atom is 0.142 e. The summed E-state index contributed by atoms with van der Waals surface area (Å²) in [4.78, 5) is 0. The van der Waals surface area contributed by atoms with Crippen LogP contribution in [0.15, 0.2) is 18.2 Å². The molecule has 1 saturated heterocycles. The van der Waals surface area contributed by atoms with Gasteiger partial charge in [0.2, 0.25) is 0 Å². The Balaban J connectivity index is 2.00. The molecule has 3 N–H and O–H groups in total. The topological polar surface area (TPSA) is 64.7 Å². The zero-order chi connectivity index (χ0) is 10.7. The summed E-state index contributed by atoms with van der Waals surface area (Å²) in [6.45, 7) is 1.48. The number of benzene rings is 1. The summed E-state index contributed by atoms with van der Waals surface area (Å²) in [7, 11) is 0. The van der Waals surface area contributed by atoms with Gasteiger partial charge in [-0.2, -0.15) is 0 Å². The predicted octanol–water partition coefficient (Wildman–Crippen LogP) is 1.53. The van der Waals surface area contributed by atoms with Gasteiger partial charge in [0.25, 0.3) is 0 Å². The first-order valence-corrected chi connectivity index (χ1v) is 5.08. The molecule has 0 bridgehead atoms. The summed E-state index contributed by atoms with van der Waals surface area (Å²) < 4.78 is 10.9. The highest BCUT2D eigenvalue weighted by atomic mass is 16.5. The molecule has 1 aliphatic rings. The Morgan fingerprint density at radius 1 is 1.33 bits per heavy atom. The standard InChI is InChI=1S/C11H15NO3/c12-10-2-1-9(7-11(10)13)15-8-3-5-14-6-4-8/h1-2,7-8,13H,3-6,12H2. The van der Waals surface area contributed by atoms with Crippen LogP contribution in [-0.2, 0) is 4.74 Å². The number of nitrogens with two attached hydrogens (primary N) is 1. The fraction of sp³-hybridized carbons (Fsp3) is 0.455. The van der Waals surface area contributed by atoms with E-state index < -0.39 is 0 Å². The quantitative estimate of drug-likeness (QED) is 0.572. The van der Waals surface area contributed by atoms with Crippen LogP contribution in [0.3, 0.4) is 0 Å². The van der Waals surface area contributed by atoms with Crippen molar-refractivity contribution in [3.05, 3.63) is 18.2 Å². The van der Waals surface area contributed by atoms with Crippen molar-refractivity contribution in [1.29, 1.82) is 0 Å². The zero-order valence-corrected chi connectivity index (χ0v) is 8.48. The number of phenolic OH excluding ortho intramolecular Hbond substituents is 1. The van der Waals surface area contributed by atoms with E-state index in [1.807, 2.05) is 0 Å². The lowest BCUT2D eigenvalue weighted by Crippen LogP contribution is -2.25. The van der Waals surface area contributed by atoms with Gasteiger partial charge < -0.3 is 20.3 Å². The molecule has 4 heteroatoms. The molecule has 0 amide bonds. The molecule has 1 fully saturated rings. The van der Waals surface area contributed by atoms with Gasteiger partial charge in [-0.05, 0) is 12.1 Å². The summed E-state index contributed by atoms with van der Waals surface area (Å²) in [6.07, 6.45) is 1.97. The van der Waals surface area contributed by atoms with E-state index in [1.54, 1.807) is 18.2 Å². The van der Waals surface area contributed by atoms with Crippen molar-refractivity contribution in [2.24, 2.45) is 0 Å². The summed E-state index contributed by atoms with van der Waals surface area (Å²) in [5.41, 5.74) is 5.87. The highest BCUT2D eigenvalue weighted by Crippen LogP contribution is 2.27. The summed E-state index contributed by atoms with van der Waals surface area (Å²) in [6, 6.07) is 4.96. The molecule has 0 spiro atoms. The first-order valence-electron chi connectivity index (χ1n) is 5.08. The monoisotopic (exact) mass is 209 g/mol. The van der Waals surface area contributed by atoms with Gasteiger partial charge in [-0.1, -0.05) is 0 Å². The summed E-state index contributed by atoms with van der Waals surface area (Å²) >= 11 is 0.